The average Bonchev–Trinajstić information content (AvgIpc) is 2.59. The summed E-state index contributed by atoms with van der Waals surface area (Å²) < 4.78 is 0. The normalized spacial score (nSPS) is 21.9. The van der Waals surface area contributed by atoms with Gasteiger partial charge in [-0.05, 0) is 13.0 Å². The molecule has 1 amide bonds. The van der Waals surface area contributed by atoms with E-state index in [1.807, 2.05) is 18.2 Å². The number of hydrogen-bond acceptors (Lipinski definition) is 3. The Balaban J connectivity index is 2.49. The third-order valence-corrected chi connectivity index (χ3v) is 2.73. The third-order valence-electron chi connectivity index (χ3n) is 2.73. The number of hydrogen-bond donors (Lipinski definition) is 2. The van der Waals surface area contributed by atoms with Crippen LogP contribution in [0.25, 0.3) is 0 Å². The molecule has 84 valence electrons. The van der Waals surface area contributed by atoms with Crippen LogP contribution in [0, 0.1) is 0 Å². The molecule has 1 aromatic carbocycles. The van der Waals surface area contributed by atoms with Crippen molar-refractivity contribution in [2.75, 3.05) is 6.54 Å². The van der Waals surface area contributed by atoms with E-state index >= 15 is 0 Å². The number of nitrogens with zero attached hydrogens (tertiary/aromatic N) is 2. The number of benzene rings is 1. The van der Waals surface area contributed by atoms with Crippen LogP contribution < -0.4 is 5.73 Å². The minimum atomic E-state index is -1.14. The van der Waals surface area contributed by atoms with Crippen molar-refractivity contribution >= 4 is 18.0 Å². The summed E-state index contributed by atoms with van der Waals surface area (Å²) >= 11 is 0. The predicted octanol–water partition coefficient (Wildman–Crippen LogP) is 1.51. The van der Waals surface area contributed by atoms with Gasteiger partial charge in [-0.15, -0.1) is 0 Å². The van der Waals surface area contributed by atoms with Gasteiger partial charge in [-0.3, -0.25) is 15.6 Å². The number of para-hydroxylation sites is 1. The van der Waals surface area contributed by atoms with E-state index in [0.717, 1.165) is 11.3 Å². The van der Waals surface area contributed by atoms with Gasteiger partial charge in [0.25, 0.3) is 0 Å². The van der Waals surface area contributed by atoms with Crippen molar-refractivity contribution in [1.82, 2.24) is 4.90 Å². The van der Waals surface area contributed by atoms with E-state index in [1.165, 1.54) is 11.1 Å². The lowest BCUT2D eigenvalue weighted by Gasteiger charge is -2.33. The van der Waals surface area contributed by atoms with Crippen molar-refractivity contribution in [2.45, 2.75) is 12.6 Å². The number of rotatable bonds is 2. The van der Waals surface area contributed by atoms with Gasteiger partial charge in [0.1, 0.15) is 0 Å². The van der Waals surface area contributed by atoms with Crippen LogP contribution in [-0.4, -0.2) is 28.9 Å². The van der Waals surface area contributed by atoms with Crippen LogP contribution in [0.4, 0.5) is 10.5 Å². The second-order valence-corrected chi connectivity index (χ2v) is 3.63. The fraction of sp³-hybridized carbons (Fsp3) is 0.273. The van der Waals surface area contributed by atoms with Crippen molar-refractivity contribution in [3.8, 4) is 0 Å². The Hall–Kier alpha value is -1.88. The van der Waals surface area contributed by atoms with Gasteiger partial charge in [0.05, 0.1) is 11.9 Å². The number of fused-ring (bicyclic) bond motifs is 1. The molecule has 5 heteroatoms. The highest BCUT2D eigenvalue weighted by molar-refractivity contribution is 5.87. The molecule has 0 radical (unpaired) electrons. The second-order valence-electron chi connectivity index (χ2n) is 3.63. The highest BCUT2D eigenvalue weighted by atomic mass is 16.4. The van der Waals surface area contributed by atoms with Gasteiger partial charge in [-0.1, -0.05) is 18.2 Å². The highest BCUT2D eigenvalue weighted by Crippen LogP contribution is 2.35. The standard InChI is InChI=1S/C11H13N3O2/c1-2-14(10(15)16)11(12)7-13-9-6-4-3-5-8(9)11/h3-7H,2,12H2,1H3,(H,15,16). The van der Waals surface area contributed by atoms with Crippen LogP contribution in [-0.2, 0) is 5.66 Å². The Morgan fingerprint density at radius 3 is 2.88 bits per heavy atom. The summed E-state index contributed by atoms with van der Waals surface area (Å²) in [5.41, 5.74) is 6.43. The van der Waals surface area contributed by atoms with E-state index in [9.17, 15) is 4.79 Å². The van der Waals surface area contributed by atoms with Crippen LogP contribution in [0.1, 0.15) is 12.5 Å². The number of nitrogens with two attached hydrogens (primary N) is 1. The Bertz CT molecular complexity index is 458. The average molecular weight is 219 g/mol. The smallest absolute Gasteiger partial charge is 0.409 e. The fourth-order valence-corrected chi connectivity index (χ4v) is 1.93. The zero-order valence-electron chi connectivity index (χ0n) is 8.92. The number of aliphatic imine (C=N–C) groups is 1. The second kappa shape index (κ2) is 3.61. The van der Waals surface area contributed by atoms with Gasteiger partial charge in [0.2, 0.25) is 0 Å². The van der Waals surface area contributed by atoms with Crippen LogP contribution in [0.15, 0.2) is 29.3 Å². The van der Waals surface area contributed by atoms with Crippen molar-refractivity contribution in [1.29, 1.82) is 0 Å². The molecule has 0 aromatic heterocycles. The van der Waals surface area contributed by atoms with Crippen LogP contribution in [0.5, 0.6) is 0 Å². The first-order chi connectivity index (χ1) is 7.59. The van der Waals surface area contributed by atoms with Crippen LogP contribution in [0.2, 0.25) is 0 Å². The third kappa shape index (κ3) is 1.37. The molecule has 0 fully saturated rings. The molecular formula is C11H13N3O2. The molecule has 1 heterocycles. The lowest BCUT2D eigenvalue weighted by molar-refractivity contribution is 0.113. The monoisotopic (exact) mass is 219 g/mol. The van der Waals surface area contributed by atoms with E-state index in [0.29, 0.717) is 6.54 Å². The van der Waals surface area contributed by atoms with Crippen molar-refractivity contribution in [3.63, 3.8) is 0 Å². The maximum Gasteiger partial charge on any atom is 0.409 e. The van der Waals surface area contributed by atoms with Gasteiger partial charge < -0.3 is 5.11 Å². The Morgan fingerprint density at radius 1 is 1.56 bits per heavy atom. The first-order valence-corrected chi connectivity index (χ1v) is 5.03. The van der Waals surface area contributed by atoms with Gasteiger partial charge in [-0.2, -0.15) is 0 Å². The minimum absolute atomic E-state index is 0.312. The van der Waals surface area contributed by atoms with Gasteiger partial charge in [0.15, 0.2) is 5.66 Å². The first-order valence-electron chi connectivity index (χ1n) is 5.03. The zero-order valence-corrected chi connectivity index (χ0v) is 8.92. The maximum absolute atomic E-state index is 11.1. The van der Waals surface area contributed by atoms with Crippen molar-refractivity contribution in [3.05, 3.63) is 29.8 Å². The summed E-state index contributed by atoms with van der Waals surface area (Å²) in [5, 5.41) is 9.11. The molecular weight excluding hydrogens is 206 g/mol. The summed E-state index contributed by atoms with van der Waals surface area (Å²) in [5.74, 6) is 0. The van der Waals surface area contributed by atoms with E-state index in [-0.39, 0.29) is 0 Å². The minimum Gasteiger partial charge on any atom is -0.465 e. The number of carboxylic acid groups (broad SMARTS) is 1. The highest BCUT2D eigenvalue weighted by Gasteiger charge is 2.40. The van der Waals surface area contributed by atoms with Crippen molar-refractivity contribution < 1.29 is 9.90 Å². The Kier molecular flexibility index (Phi) is 2.40. The number of carbonyl (C=O) groups is 1. The van der Waals surface area contributed by atoms with Crippen molar-refractivity contribution in [2.24, 2.45) is 10.7 Å². The summed E-state index contributed by atoms with van der Waals surface area (Å²) in [6.07, 6.45) is 0.433. The SMILES string of the molecule is CCN(C(=O)O)C1(N)C=Nc2ccccc21. The van der Waals surface area contributed by atoms with Crippen LogP contribution >= 0.6 is 0 Å². The molecule has 0 aliphatic carbocycles. The molecule has 16 heavy (non-hydrogen) atoms. The molecule has 0 saturated heterocycles. The summed E-state index contributed by atoms with van der Waals surface area (Å²) in [6.45, 7) is 2.06. The quantitative estimate of drug-likeness (QED) is 0.740. The largest absolute Gasteiger partial charge is 0.465 e. The van der Waals surface area contributed by atoms with Gasteiger partial charge in [-0.25, -0.2) is 4.79 Å². The molecule has 5 nitrogen and oxygen atoms in total. The lowest BCUT2D eigenvalue weighted by atomic mass is 10.0. The molecule has 1 aliphatic heterocycles. The fourth-order valence-electron chi connectivity index (χ4n) is 1.93. The molecule has 0 bridgehead atoms. The van der Waals surface area contributed by atoms with Gasteiger partial charge in [0, 0.05) is 12.1 Å². The summed E-state index contributed by atoms with van der Waals surface area (Å²) in [6, 6.07) is 7.29. The maximum atomic E-state index is 11.1. The Labute approximate surface area is 93.2 Å². The van der Waals surface area contributed by atoms with Crippen LogP contribution in [0.3, 0.4) is 0 Å². The molecule has 2 rings (SSSR count). The van der Waals surface area contributed by atoms with E-state index in [4.69, 9.17) is 10.8 Å². The van der Waals surface area contributed by atoms with E-state index in [2.05, 4.69) is 4.99 Å². The topological polar surface area (TPSA) is 78.9 Å². The molecule has 1 unspecified atom stereocenters. The molecule has 0 saturated carbocycles. The zero-order chi connectivity index (χ0) is 11.8. The first kappa shape index (κ1) is 10.6. The molecule has 1 aliphatic rings. The summed E-state index contributed by atoms with van der Waals surface area (Å²) in [4.78, 5) is 16.4. The lowest BCUT2D eigenvalue weighted by Crippen LogP contribution is -2.55. The predicted molar refractivity (Wildman–Crippen MR) is 60.9 cm³/mol. The molecule has 1 aromatic rings. The van der Waals surface area contributed by atoms with E-state index < -0.39 is 11.8 Å². The summed E-state index contributed by atoms with van der Waals surface area (Å²) in [7, 11) is 0. The van der Waals surface area contributed by atoms with Gasteiger partial charge >= 0.3 is 6.09 Å². The Morgan fingerprint density at radius 2 is 2.25 bits per heavy atom. The molecule has 1 atom stereocenters. The molecule has 0 spiro atoms. The molecule has 3 N–H and O–H groups in total. The number of amides is 1. The van der Waals surface area contributed by atoms with E-state index in [1.54, 1.807) is 13.0 Å².